The van der Waals surface area contributed by atoms with Gasteiger partial charge in [-0.2, -0.15) is 0 Å². The van der Waals surface area contributed by atoms with Crippen molar-refractivity contribution in [3.63, 3.8) is 0 Å². The molecule has 2 atom stereocenters. The number of hydrogen-bond acceptors (Lipinski definition) is 6. The molecule has 2 aromatic rings. The summed E-state index contributed by atoms with van der Waals surface area (Å²) in [6.07, 6.45) is 0.825. The van der Waals surface area contributed by atoms with Crippen LogP contribution in [0.1, 0.15) is 34.3 Å². The van der Waals surface area contributed by atoms with Crippen LogP contribution in [-0.2, 0) is 19.9 Å². The highest BCUT2D eigenvalue weighted by molar-refractivity contribution is 6.35. The highest BCUT2D eigenvalue weighted by Gasteiger charge is 2.56. The minimum absolute atomic E-state index is 0.0800. The van der Waals surface area contributed by atoms with Gasteiger partial charge < -0.3 is 31.3 Å². The van der Waals surface area contributed by atoms with Crippen molar-refractivity contribution in [3.8, 4) is 0 Å². The molecular weight excluding hydrogens is 476 g/mol. The van der Waals surface area contributed by atoms with E-state index in [1.165, 1.54) is 9.80 Å². The first-order valence-corrected chi connectivity index (χ1v) is 12.1. The third-order valence-electron chi connectivity index (χ3n) is 6.99. The lowest BCUT2D eigenvalue weighted by molar-refractivity contribution is -0.164. The molecule has 0 spiro atoms. The second-order valence-corrected chi connectivity index (χ2v) is 9.12. The summed E-state index contributed by atoms with van der Waals surface area (Å²) in [6, 6.07) is 14.3. The van der Waals surface area contributed by atoms with Gasteiger partial charge in [0.2, 0.25) is 0 Å². The van der Waals surface area contributed by atoms with Gasteiger partial charge in [0.15, 0.2) is 0 Å². The SMILES string of the molecule is N=C(N)c1ccc(C(=O)NCCCN2CCN(C3(c4ccccc4)CCNC3C(=O)O)C(=O)C2=O)cc1. The highest BCUT2D eigenvalue weighted by Crippen LogP contribution is 2.40. The molecule has 0 aliphatic carbocycles. The van der Waals surface area contributed by atoms with E-state index in [9.17, 15) is 24.3 Å². The van der Waals surface area contributed by atoms with Gasteiger partial charge in [0, 0.05) is 37.3 Å². The summed E-state index contributed by atoms with van der Waals surface area (Å²) in [6.45, 7) is 1.46. The molecule has 2 aliphatic rings. The van der Waals surface area contributed by atoms with Crippen LogP contribution in [0.5, 0.6) is 0 Å². The Balaban J connectivity index is 1.37. The van der Waals surface area contributed by atoms with Crippen LogP contribution in [0.3, 0.4) is 0 Å². The minimum atomic E-state index is -1.15. The van der Waals surface area contributed by atoms with E-state index in [1.54, 1.807) is 48.5 Å². The maximum atomic E-state index is 13.3. The zero-order valence-corrected chi connectivity index (χ0v) is 20.3. The summed E-state index contributed by atoms with van der Waals surface area (Å²) >= 11 is 0. The van der Waals surface area contributed by atoms with Gasteiger partial charge in [0.05, 0.1) is 5.54 Å². The van der Waals surface area contributed by atoms with E-state index in [0.717, 1.165) is 0 Å². The quantitative estimate of drug-likeness (QED) is 0.139. The lowest BCUT2D eigenvalue weighted by Crippen LogP contribution is -2.65. The molecule has 0 radical (unpaired) electrons. The predicted molar refractivity (Wildman–Crippen MR) is 135 cm³/mol. The van der Waals surface area contributed by atoms with E-state index in [2.05, 4.69) is 10.6 Å². The van der Waals surface area contributed by atoms with Crippen LogP contribution < -0.4 is 16.4 Å². The number of aliphatic carboxylic acids is 1. The van der Waals surface area contributed by atoms with Gasteiger partial charge in [-0.1, -0.05) is 42.5 Å². The Labute approximate surface area is 214 Å². The van der Waals surface area contributed by atoms with Crippen LogP contribution in [0.4, 0.5) is 0 Å². The number of nitrogens with zero attached hydrogens (tertiary/aromatic N) is 2. The second kappa shape index (κ2) is 10.8. The summed E-state index contributed by atoms with van der Waals surface area (Å²) in [7, 11) is 0. The number of nitrogen functional groups attached to an aromatic ring is 1. The first kappa shape index (κ1) is 25.8. The van der Waals surface area contributed by atoms with E-state index in [0.29, 0.717) is 42.6 Å². The third-order valence-corrected chi connectivity index (χ3v) is 6.99. The van der Waals surface area contributed by atoms with Crippen LogP contribution in [0.2, 0.25) is 0 Å². The van der Waals surface area contributed by atoms with Gasteiger partial charge in [-0.05, 0) is 37.1 Å². The van der Waals surface area contributed by atoms with Crippen molar-refractivity contribution in [3.05, 3.63) is 71.3 Å². The second-order valence-electron chi connectivity index (χ2n) is 9.12. The summed E-state index contributed by atoms with van der Waals surface area (Å²) < 4.78 is 0. The van der Waals surface area contributed by atoms with E-state index < -0.39 is 29.4 Å². The molecule has 2 aromatic carbocycles. The maximum absolute atomic E-state index is 13.3. The first-order valence-electron chi connectivity index (χ1n) is 12.1. The van der Waals surface area contributed by atoms with E-state index >= 15 is 0 Å². The molecule has 2 unspecified atom stereocenters. The topological polar surface area (TPSA) is 169 Å². The molecule has 2 aliphatic heterocycles. The lowest BCUT2D eigenvalue weighted by atomic mass is 9.80. The molecule has 2 saturated heterocycles. The average Bonchev–Trinajstić information content (AvgIpc) is 3.35. The number of nitrogens with one attached hydrogen (secondary N) is 3. The normalized spacial score (nSPS) is 21.7. The zero-order chi connectivity index (χ0) is 26.6. The number of benzene rings is 2. The number of rotatable bonds is 9. The van der Waals surface area contributed by atoms with Gasteiger partial charge in [-0.3, -0.25) is 24.6 Å². The minimum Gasteiger partial charge on any atom is -0.480 e. The van der Waals surface area contributed by atoms with Crippen molar-refractivity contribution in [2.24, 2.45) is 5.73 Å². The summed E-state index contributed by atoms with van der Waals surface area (Å²) in [4.78, 5) is 53.7. The molecule has 2 heterocycles. The fraction of sp³-hybridized carbons (Fsp3) is 0.346. The van der Waals surface area contributed by atoms with E-state index in [-0.39, 0.29) is 31.4 Å². The third kappa shape index (κ3) is 5.03. The Kier molecular flexibility index (Phi) is 7.53. The fourth-order valence-corrected chi connectivity index (χ4v) is 5.14. The molecule has 4 rings (SSSR count). The van der Waals surface area contributed by atoms with Crippen LogP contribution in [0.15, 0.2) is 54.6 Å². The van der Waals surface area contributed by atoms with Crippen molar-refractivity contribution in [2.75, 3.05) is 32.7 Å². The molecule has 194 valence electrons. The average molecular weight is 507 g/mol. The van der Waals surface area contributed by atoms with Crippen LogP contribution in [0, 0.1) is 5.41 Å². The molecule has 11 heteroatoms. The molecule has 0 aromatic heterocycles. The first-order chi connectivity index (χ1) is 17.8. The van der Waals surface area contributed by atoms with Crippen LogP contribution in [0.25, 0.3) is 0 Å². The molecule has 2 fully saturated rings. The summed E-state index contributed by atoms with van der Waals surface area (Å²) in [5.74, 6) is -2.84. The smallest absolute Gasteiger partial charge is 0.323 e. The van der Waals surface area contributed by atoms with Crippen molar-refractivity contribution in [1.82, 2.24) is 20.4 Å². The number of carboxylic acid groups (broad SMARTS) is 1. The van der Waals surface area contributed by atoms with Gasteiger partial charge in [0.1, 0.15) is 11.9 Å². The molecule has 11 nitrogen and oxygen atoms in total. The summed E-state index contributed by atoms with van der Waals surface area (Å²) in [5, 5.41) is 23.1. The van der Waals surface area contributed by atoms with Crippen LogP contribution >= 0.6 is 0 Å². The Bertz CT molecular complexity index is 1200. The Morgan fingerprint density at radius 1 is 1.05 bits per heavy atom. The van der Waals surface area contributed by atoms with Crippen molar-refractivity contribution >= 4 is 29.5 Å². The molecule has 0 bridgehead atoms. The number of carbonyl (C=O) groups excluding carboxylic acids is 3. The van der Waals surface area contributed by atoms with Gasteiger partial charge >= 0.3 is 17.8 Å². The number of carboxylic acids is 1. The molecule has 3 amide bonds. The van der Waals surface area contributed by atoms with Crippen molar-refractivity contribution in [1.29, 1.82) is 5.41 Å². The number of piperazine rings is 1. The zero-order valence-electron chi connectivity index (χ0n) is 20.3. The molecule has 0 saturated carbocycles. The lowest BCUT2D eigenvalue weighted by Gasteiger charge is -2.47. The molecular formula is C26H30N6O5. The Morgan fingerprint density at radius 3 is 2.38 bits per heavy atom. The Morgan fingerprint density at radius 2 is 1.73 bits per heavy atom. The van der Waals surface area contributed by atoms with E-state index in [1.807, 2.05) is 6.07 Å². The molecule has 37 heavy (non-hydrogen) atoms. The number of carbonyl (C=O) groups is 4. The maximum Gasteiger partial charge on any atom is 0.323 e. The number of hydrogen-bond donors (Lipinski definition) is 5. The largest absolute Gasteiger partial charge is 0.480 e. The number of amides is 3. The number of nitrogens with two attached hydrogens (primary N) is 1. The molecule has 6 N–H and O–H groups in total. The van der Waals surface area contributed by atoms with Crippen molar-refractivity contribution < 1.29 is 24.3 Å². The Hall–Kier alpha value is -4.25. The van der Waals surface area contributed by atoms with Gasteiger partial charge in [-0.25, -0.2) is 0 Å². The van der Waals surface area contributed by atoms with Gasteiger partial charge in [-0.15, -0.1) is 0 Å². The van der Waals surface area contributed by atoms with Crippen LogP contribution in [-0.4, -0.2) is 83.2 Å². The number of amidine groups is 1. The van der Waals surface area contributed by atoms with Gasteiger partial charge in [0.25, 0.3) is 5.91 Å². The highest BCUT2D eigenvalue weighted by atomic mass is 16.4. The predicted octanol–water partition coefficient (Wildman–Crippen LogP) is 0.103. The summed E-state index contributed by atoms with van der Waals surface area (Å²) in [5.41, 5.74) is 5.90. The van der Waals surface area contributed by atoms with E-state index in [4.69, 9.17) is 11.1 Å². The van der Waals surface area contributed by atoms with Crippen molar-refractivity contribution in [2.45, 2.75) is 24.4 Å². The monoisotopic (exact) mass is 506 g/mol. The standard InChI is InChI=1S/C26H30N6O5/c27-21(28)17-7-9-18(10-8-17)22(33)30-12-4-14-31-15-16-32(24(35)23(31)34)26(19-5-2-1-3-6-19)11-13-29-20(26)25(36)37/h1-3,5-10,20,29H,4,11-16H2,(H3,27,28)(H,30,33)(H,36,37). The fourth-order valence-electron chi connectivity index (χ4n) is 5.14.